The maximum Gasteiger partial charge on any atom is 0.399 e. The molecule has 1 atom stereocenters. The van der Waals surface area contributed by atoms with E-state index in [1.165, 1.54) is 0 Å². The number of nitrogens with zero attached hydrogens (tertiary/aromatic N) is 3. The van der Waals surface area contributed by atoms with Crippen molar-refractivity contribution in [3.8, 4) is 0 Å². The Morgan fingerprint density at radius 2 is 2.22 bits per heavy atom. The molecule has 1 aromatic heterocycles. The summed E-state index contributed by atoms with van der Waals surface area (Å²) < 4.78 is 40.0. The van der Waals surface area contributed by atoms with Crippen molar-refractivity contribution in [3.63, 3.8) is 0 Å². The van der Waals surface area contributed by atoms with Crippen LogP contribution in [0.5, 0.6) is 0 Å². The molecule has 1 aromatic rings. The van der Waals surface area contributed by atoms with E-state index in [9.17, 15) is 13.2 Å². The van der Waals surface area contributed by atoms with Crippen LogP contribution in [-0.4, -0.2) is 39.6 Å². The second-order valence-electron chi connectivity index (χ2n) is 4.32. The van der Waals surface area contributed by atoms with Gasteiger partial charge in [-0.15, -0.1) is 0 Å². The van der Waals surface area contributed by atoms with Gasteiger partial charge < -0.3 is 10.3 Å². The van der Waals surface area contributed by atoms with Crippen LogP contribution >= 0.6 is 0 Å². The number of amidine groups is 1. The Labute approximate surface area is 102 Å². The topological polar surface area (TPSA) is 70.9 Å². The quantitative estimate of drug-likeness (QED) is 0.625. The Balaban J connectivity index is 2.04. The Morgan fingerprint density at radius 1 is 1.50 bits per heavy atom. The number of imidazole rings is 1. The largest absolute Gasteiger partial charge is 0.399 e. The third-order valence-corrected chi connectivity index (χ3v) is 3.04. The van der Waals surface area contributed by atoms with E-state index in [1.807, 2.05) is 4.57 Å². The molecule has 0 radical (unpaired) electrons. The van der Waals surface area contributed by atoms with Crippen molar-refractivity contribution in [2.75, 3.05) is 13.1 Å². The molecule has 3 N–H and O–H groups in total. The van der Waals surface area contributed by atoms with Crippen LogP contribution in [0.2, 0.25) is 0 Å². The molecule has 0 saturated carbocycles. The van der Waals surface area contributed by atoms with Gasteiger partial charge >= 0.3 is 6.18 Å². The number of hydrogen-bond acceptors (Lipinski definition) is 3. The molecule has 2 heterocycles. The summed E-state index contributed by atoms with van der Waals surface area (Å²) in [6, 6.07) is 0. The summed E-state index contributed by atoms with van der Waals surface area (Å²) in [6.07, 6.45) is -1.04. The van der Waals surface area contributed by atoms with Crippen molar-refractivity contribution in [2.24, 2.45) is 11.7 Å². The molecule has 5 nitrogen and oxygen atoms in total. The van der Waals surface area contributed by atoms with Crippen molar-refractivity contribution in [1.29, 1.82) is 5.41 Å². The minimum absolute atomic E-state index is 0.286. The van der Waals surface area contributed by atoms with Crippen molar-refractivity contribution in [2.45, 2.75) is 19.3 Å². The third-order valence-electron chi connectivity index (χ3n) is 3.04. The summed E-state index contributed by atoms with van der Waals surface area (Å²) in [5.41, 5.74) is 5.03. The fourth-order valence-corrected chi connectivity index (χ4v) is 2.02. The van der Waals surface area contributed by atoms with Crippen LogP contribution < -0.4 is 5.73 Å². The first-order chi connectivity index (χ1) is 8.38. The number of nitrogens with one attached hydrogen (secondary N) is 1. The molecular formula is C10H14F3N5. The molecule has 1 unspecified atom stereocenters. The van der Waals surface area contributed by atoms with Gasteiger partial charge in [0.25, 0.3) is 0 Å². The molecule has 8 heteroatoms. The van der Waals surface area contributed by atoms with E-state index in [-0.39, 0.29) is 6.54 Å². The zero-order valence-electron chi connectivity index (χ0n) is 9.61. The number of alkyl halides is 3. The normalized spacial score (nSPS) is 18.4. The molecule has 0 saturated heterocycles. The lowest BCUT2D eigenvalue weighted by Gasteiger charge is -2.31. The van der Waals surface area contributed by atoms with Crippen molar-refractivity contribution in [1.82, 2.24) is 14.5 Å². The summed E-state index contributed by atoms with van der Waals surface area (Å²) in [6.45, 7) is 1.18. The predicted molar refractivity (Wildman–Crippen MR) is 59.0 cm³/mol. The van der Waals surface area contributed by atoms with Gasteiger partial charge in [0.2, 0.25) is 0 Å². The van der Waals surface area contributed by atoms with Crippen LogP contribution in [-0.2, 0) is 13.1 Å². The van der Waals surface area contributed by atoms with E-state index in [4.69, 9.17) is 11.1 Å². The van der Waals surface area contributed by atoms with Gasteiger partial charge in [-0.05, 0) is 0 Å². The zero-order valence-corrected chi connectivity index (χ0v) is 9.61. The maximum atomic E-state index is 12.7. The number of nitrogens with two attached hydrogens (primary N) is 1. The molecule has 0 fully saturated rings. The lowest BCUT2D eigenvalue weighted by atomic mass is 10.1. The molecule has 2 rings (SSSR count). The lowest BCUT2D eigenvalue weighted by Crippen LogP contribution is -2.46. The fraction of sp³-hybridized carbons (Fsp3) is 0.600. The van der Waals surface area contributed by atoms with Gasteiger partial charge in [-0.3, -0.25) is 10.3 Å². The van der Waals surface area contributed by atoms with Crippen molar-refractivity contribution < 1.29 is 13.2 Å². The summed E-state index contributed by atoms with van der Waals surface area (Å²) in [4.78, 5) is 5.70. The van der Waals surface area contributed by atoms with E-state index in [1.54, 1.807) is 17.3 Å². The van der Waals surface area contributed by atoms with Crippen LogP contribution in [0.4, 0.5) is 13.2 Å². The second kappa shape index (κ2) is 4.60. The second-order valence-corrected chi connectivity index (χ2v) is 4.32. The minimum atomic E-state index is -4.47. The first-order valence-electron chi connectivity index (χ1n) is 5.51. The number of rotatable bonds is 3. The number of fused-ring (bicyclic) bond motifs is 1. The highest BCUT2D eigenvalue weighted by atomic mass is 19.4. The molecular weight excluding hydrogens is 247 g/mol. The predicted octanol–water partition coefficient (Wildman–Crippen LogP) is 0.813. The molecule has 0 aliphatic carbocycles. The fourth-order valence-electron chi connectivity index (χ4n) is 2.02. The van der Waals surface area contributed by atoms with Gasteiger partial charge in [0.05, 0.1) is 6.54 Å². The SMILES string of the molecule is N=C(N)C(CN1CCn2ccnc2C1)C(F)(F)F. The van der Waals surface area contributed by atoms with Gasteiger partial charge in [0.15, 0.2) is 0 Å². The van der Waals surface area contributed by atoms with Gasteiger partial charge in [0, 0.05) is 32.0 Å². The third kappa shape index (κ3) is 2.63. The molecule has 18 heavy (non-hydrogen) atoms. The molecule has 0 aromatic carbocycles. The molecule has 1 aliphatic rings. The first kappa shape index (κ1) is 12.9. The summed E-state index contributed by atoms with van der Waals surface area (Å²) in [5.74, 6) is -2.00. The zero-order chi connectivity index (χ0) is 13.3. The van der Waals surface area contributed by atoms with Gasteiger partial charge in [-0.25, -0.2) is 4.98 Å². The monoisotopic (exact) mass is 261 g/mol. The molecule has 0 spiro atoms. The highest BCUT2D eigenvalue weighted by molar-refractivity contribution is 5.80. The lowest BCUT2D eigenvalue weighted by molar-refractivity contribution is -0.160. The van der Waals surface area contributed by atoms with Crippen LogP contribution in [0.3, 0.4) is 0 Å². The summed E-state index contributed by atoms with van der Waals surface area (Å²) in [5, 5.41) is 7.05. The average Bonchev–Trinajstić information content (AvgIpc) is 2.70. The molecule has 0 bridgehead atoms. The number of aromatic nitrogens is 2. The Morgan fingerprint density at radius 3 is 2.83 bits per heavy atom. The van der Waals surface area contributed by atoms with E-state index in [2.05, 4.69) is 4.98 Å². The maximum absolute atomic E-state index is 12.7. The van der Waals surface area contributed by atoms with Crippen molar-refractivity contribution in [3.05, 3.63) is 18.2 Å². The van der Waals surface area contributed by atoms with Gasteiger partial charge in [0.1, 0.15) is 17.6 Å². The first-order valence-corrected chi connectivity index (χ1v) is 5.51. The van der Waals surface area contributed by atoms with E-state index < -0.39 is 17.9 Å². The molecule has 1 aliphatic heterocycles. The number of hydrogen-bond donors (Lipinski definition) is 2. The number of halogens is 3. The molecule has 100 valence electrons. The Hall–Kier alpha value is -1.57. The van der Waals surface area contributed by atoms with Gasteiger partial charge in [-0.1, -0.05) is 0 Å². The van der Waals surface area contributed by atoms with Crippen LogP contribution in [0.1, 0.15) is 5.82 Å². The summed E-state index contributed by atoms with van der Waals surface area (Å²) in [7, 11) is 0. The van der Waals surface area contributed by atoms with Crippen LogP contribution in [0.25, 0.3) is 0 Å². The van der Waals surface area contributed by atoms with Gasteiger partial charge in [-0.2, -0.15) is 13.2 Å². The minimum Gasteiger partial charge on any atom is -0.387 e. The highest BCUT2D eigenvalue weighted by Crippen LogP contribution is 2.27. The van der Waals surface area contributed by atoms with E-state index in [0.717, 1.165) is 5.82 Å². The standard InChI is InChI=1S/C10H14F3N5/c11-10(12,13)7(9(14)15)5-17-3-4-18-2-1-16-8(18)6-17/h1-2,7H,3-6H2,(H3,14,15). The highest BCUT2D eigenvalue weighted by Gasteiger charge is 2.43. The van der Waals surface area contributed by atoms with E-state index >= 15 is 0 Å². The average molecular weight is 261 g/mol. The summed E-state index contributed by atoms with van der Waals surface area (Å²) >= 11 is 0. The van der Waals surface area contributed by atoms with E-state index in [0.29, 0.717) is 19.6 Å². The van der Waals surface area contributed by atoms with Crippen LogP contribution in [0.15, 0.2) is 12.4 Å². The molecule has 0 amide bonds. The Bertz CT molecular complexity index is 439. The van der Waals surface area contributed by atoms with Crippen LogP contribution in [0, 0.1) is 11.3 Å². The van der Waals surface area contributed by atoms with Crippen molar-refractivity contribution >= 4 is 5.84 Å². The Kier molecular flexibility index (Phi) is 3.29. The smallest absolute Gasteiger partial charge is 0.387 e.